The summed E-state index contributed by atoms with van der Waals surface area (Å²) in [5.74, 6) is -15.7. The Balaban J connectivity index is 1.38. The van der Waals surface area contributed by atoms with Crippen LogP contribution in [0.1, 0.15) is 140 Å². The summed E-state index contributed by atoms with van der Waals surface area (Å²) in [4.78, 5) is 1.37. The smallest absolute Gasteiger partial charge is 0.380 e. The Labute approximate surface area is 319 Å². The van der Waals surface area contributed by atoms with E-state index >= 15 is 26.3 Å². The Morgan fingerprint density at radius 2 is 0.698 bits per heavy atom. The van der Waals surface area contributed by atoms with Crippen molar-refractivity contribution in [2.24, 2.45) is 0 Å². The summed E-state index contributed by atoms with van der Waals surface area (Å²) in [6.45, 7) is 0.415. The summed E-state index contributed by atoms with van der Waals surface area (Å²) in [6, 6.07) is 14.0. The van der Waals surface area contributed by atoms with Gasteiger partial charge in [-0.1, -0.05) is 139 Å². The number of fused-ring (bicyclic) bond motifs is 8. The van der Waals surface area contributed by atoms with Gasteiger partial charge in [0, 0.05) is 34.2 Å². The molecule has 2 nitrogen and oxygen atoms in total. The van der Waals surface area contributed by atoms with Crippen molar-refractivity contribution in [3.8, 4) is 0 Å². The SMILES string of the molecule is OCCCCCCCCCCC[C@]12Sc3ccccc3C1=C1C(=C3c4ccccc4S[C@@]32CCCCCCCCCCCO)C(F)(F)C(F)(F)C1(F)F. The van der Waals surface area contributed by atoms with E-state index in [0.717, 1.165) is 103 Å². The minimum absolute atomic E-state index is 0.00534. The highest BCUT2D eigenvalue weighted by molar-refractivity contribution is 8.06. The van der Waals surface area contributed by atoms with Gasteiger partial charge in [0.25, 0.3) is 0 Å². The normalized spacial score (nSPS) is 24.3. The van der Waals surface area contributed by atoms with Crippen LogP contribution in [0.5, 0.6) is 0 Å². The molecule has 2 atom stereocenters. The highest BCUT2D eigenvalue weighted by Gasteiger charge is 2.85. The van der Waals surface area contributed by atoms with Gasteiger partial charge in [0.05, 0.1) is 9.49 Å². The fourth-order valence-corrected chi connectivity index (χ4v) is 13.0. The van der Waals surface area contributed by atoms with Crippen molar-refractivity contribution in [1.82, 2.24) is 0 Å². The van der Waals surface area contributed by atoms with Crippen LogP contribution in [0.15, 0.2) is 69.5 Å². The molecule has 0 saturated heterocycles. The first-order valence-electron chi connectivity index (χ1n) is 19.9. The van der Waals surface area contributed by atoms with Crippen LogP contribution in [0.4, 0.5) is 26.3 Å². The molecule has 2 aromatic rings. The first kappa shape index (κ1) is 40.8. The number of hydrogen-bond acceptors (Lipinski definition) is 4. The molecule has 10 heteroatoms. The lowest BCUT2D eigenvalue weighted by atomic mass is 9.64. The predicted molar refractivity (Wildman–Crippen MR) is 205 cm³/mol. The zero-order valence-electron chi connectivity index (χ0n) is 30.7. The number of allylic oxidation sites excluding steroid dienone is 2. The highest BCUT2D eigenvalue weighted by Crippen LogP contribution is 2.80. The van der Waals surface area contributed by atoms with Crippen molar-refractivity contribution in [2.75, 3.05) is 13.2 Å². The van der Waals surface area contributed by atoms with E-state index in [9.17, 15) is 0 Å². The van der Waals surface area contributed by atoms with Crippen LogP contribution in [0.3, 0.4) is 0 Å². The lowest BCUT2D eigenvalue weighted by Crippen LogP contribution is -2.51. The number of halogens is 6. The fourth-order valence-electron chi connectivity index (χ4n) is 9.27. The molecule has 4 aliphatic rings. The second-order valence-corrected chi connectivity index (χ2v) is 18.1. The topological polar surface area (TPSA) is 40.5 Å². The monoisotopic (exact) mass is 780 g/mol. The molecule has 0 unspecified atom stereocenters. The average molecular weight is 781 g/mol. The van der Waals surface area contributed by atoms with Crippen molar-refractivity contribution in [1.29, 1.82) is 0 Å². The minimum atomic E-state index is -5.58. The van der Waals surface area contributed by atoms with Gasteiger partial charge in [0.1, 0.15) is 0 Å². The molecule has 2 heterocycles. The third-order valence-electron chi connectivity index (χ3n) is 11.9. The van der Waals surface area contributed by atoms with Crippen molar-refractivity contribution in [3.63, 3.8) is 0 Å². The number of aliphatic hydroxyl groups is 2. The lowest BCUT2D eigenvalue weighted by molar-refractivity contribution is -0.257. The maximum Gasteiger partial charge on any atom is 0.380 e. The summed E-state index contributed by atoms with van der Waals surface area (Å²) in [6.07, 6.45) is 17.8. The van der Waals surface area contributed by atoms with Gasteiger partial charge in [0.15, 0.2) is 0 Å². The fraction of sp³-hybridized carbons (Fsp3) is 0.628. The van der Waals surface area contributed by atoms with Crippen LogP contribution in [-0.2, 0) is 0 Å². The van der Waals surface area contributed by atoms with Crippen LogP contribution in [-0.4, -0.2) is 50.7 Å². The van der Waals surface area contributed by atoms with Crippen LogP contribution in [0, 0.1) is 0 Å². The third kappa shape index (κ3) is 7.18. The van der Waals surface area contributed by atoms with Crippen molar-refractivity contribution in [3.05, 3.63) is 70.8 Å². The first-order chi connectivity index (χ1) is 25.5. The molecule has 292 valence electrons. The number of unbranched alkanes of at least 4 members (excludes halogenated alkanes) is 16. The number of aliphatic hydroxyl groups excluding tert-OH is 2. The average Bonchev–Trinajstić information content (AvgIpc) is 3.69. The van der Waals surface area contributed by atoms with Crippen LogP contribution in [0.2, 0.25) is 0 Å². The van der Waals surface area contributed by atoms with Crippen LogP contribution < -0.4 is 0 Å². The van der Waals surface area contributed by atoms with E-state index in [2.05, 4.69) is 0 Å². The van der Waals surface area contributed by atoms with Gasteiger partial charge >= 0.3 is 17.8 Å². The molecule has 0 bridgehead atoms. The van der Waals surface area contributed by atoms with Gasteiger partial charge in [0.2, 0.25) is 0 Å². The highest BCUT2D eigenvalue weighted by atomic mass is 32.2. The Bertz CT molecular complexity index is 1520. The lowest BCUT2D eigenvalue weighted by Gasteiger charge is -2.51. The summed E-state index contributed by atoms with van der Waals surface area (Å²) >= 11 is 2.90. The molecule has 2 aromatic carbocycles. The first-order valence-corrected chi connectivity index (χ1v) is 21.6. The molecule has 6 rings (SSSR count). The van der Waals surface area contributed by atoms with Gasteiger partial charge in [-0.25, -0.2) is 0 Å². The van der Waals surface area contributed by atoms with Crippen molar-refractivity contribution in [2.45, 2.75) is 165 Å². The second-order valence-electron chi connectivity index (χ2n) is 15.4. The van der Waals surface area contributed by atoms with E-state index in [0.29, 0.717) is 46.6 Å². The van der Waals surface area contributed by atoms with Gasteiger partial charge in [-0.2, -0.15) is 26.3 Å². The zero-order valence-corrected chi connectivity index (χ0v) is 32.3. The molecule has 0 radical (unpaired) electrons. The van der Waals surface area contributed by atoms with E-state index in [1.807, 2.05) is 12.1 Å². The molecule has 1 fully saturated rings. The molecular weight excluding hydrogens is 727 g/mol. The van der Waals surface area contributed by atoms with E-state index < -0.39 is 38.4 Å². The van der Waals surface area contributed by atoms with Crippen LogP contribution in [0.25, 0.3) is 11.1 Å². The van der Waals surface area contributed by atoms with E-state index in [-0.39, 0.29) is 24.4 Å². The quantitative estimate of drug-likeness (QED) is 0.0922. The van der Waals surface area contributed by atoms with Gasteiger partial charge < -0.3 is 10.2 Å². The largest absolute Gasteiger partial charge is 0.396 e. The molecule has 1 saturated carbocycles. The molecule has 2 aliphatic carbocycles. The van der Waals surface area contributed by atoms with Gasteiger partial charge in [-0.3, -0.25) is 0 Å². The number of hydrogen-bond donors (Lipinski definition) is 2. The summed E-state index contributed by atoms with van der Waals surface area (Å²) in [5.41, 5.74) is -1.50. The minimum Gasteiger partial charge on any atom is -0.396 e. The number of rotatable bonds is 22. The zero-order chi connectivity index (χ0) is 37.7. The molecule has 0 amide bonds. The van der Waals surface area contributed by atoms with Crippen molar-refractivity contribution >= 4 is 34.7 Å². The second kappa shape index (κ2) is 17.1. The Hall–Kier alpha value is -1.88. The maximum atomic E-state index is 16.4. The Kier molecular flexibility index (Phi) is 13.1. The maximum absolute atomic E-state index is 16.4. The van der Waals surface area contributed by atoms with Gasteiger partial charge in [-0.05, 0) is 60.1 Å². The molecule has 0 aromatic heterocycles. The standard InChI is InChI=1S/C43H54F6O2S2/c44-41(45)37-35-31-23-15-17-25-33(31)52-39(35,27-19-11-7-3-1-5-9-13-21-29-50)40(28-20-12-8-4-2-6-10-14-22-30-51)36(32-24-16-18-26-34(32)53-40)38(37)42(46,47)43(41,48)49/h15-18,23-26,50-51H,1-14,19-22,27-30H2/t39-,40-/m0/s1. The molecular formula is C43H54F6O2S2. The van der Waals surface area contributed by atoms with Crippen molar-refractivity contribution < 1.29 is 36.6 Å². The Morgan fingerprint density at radius 1 is 0.396 bits per heavy atom. The number of benzene rings is 2. The third-order valence-corrected chi connectivity index (χ3v) is 15.4. The molecule has 53 heavy (non-hydrogen) atoms. The Morgan fingerprint density at radius 3 is 1.04 bits per heavy atom. The summed E-state index contributed by atoms with van der Waals surface area (Å²) < 4.78 is 94.9. The molecule has 0 spiro atoms. The van der Waals surface area contributed by atoms with Gasteiger partial charge in [-0.15, -0.1) is 23.5 Å². The number of alkyl halides is 6. The summed E-state index contributed by atoms with van der Waals surface area (Å²) in [7, 11) is 0. The molecule has 2 aliphatic heterocycles. The predicted octanol–water partition coefficient (Wildman–Crippen LogP) is 13.3. The van der Waals surface area contributed by atoms with E-state index in [1.165, 1.54) is 23.5 Å². The van der Waals surface area contributed by atoms with Crippen LogP contribution >= 0.6 is 23.5 Å². The summed E-state index contributed by atoms with van der Waals surface area (Å²) in [5, 5.41) is 18.1. The number of thioether (sulfide) groups is 2. The van der Waals surface area contributed by atoms with E-state index in [1.54, 1.807) is 36.4 Å². The molecule has 2 N–H and O–H groups in total. The van der Waals surface area contributed by atoms with E-state index in [4.69, 9.17) is 10.2 Å².